The normalized spacial score (nSPS) is 11.9. The average Bonchev–Trinajstić information content (AvgIpc) is 3.11. The van der Waals surface area contributed by atoms with E-state index < -0.39 is 0 Å². The summed E-state index contributed by atoms with van der Waals surface area (Å²) in [5, 5.41) is 6.98. The molecule has 2 aromatic carbocycles. The van der Waals surface area contributed by atoms with E-state index in [2.05, 4.69) is 10.5 Å². The molecule has 1 aromatic heterocycles. The summed E-state index contributed by atoms with van der Waals surface area (Å²) in [6.07, 6.45) is 0.754. The Morgan fingerprint density at radius 2 is 1.75 bits per heavy atom. The fourth-order valence-electron chi connectivity index (χ4n) is 2.69. The van der Waals surface area contributed by atoms with E-state index in [0.29, 0.717) is 18.0 Å². The van der Waals surface area contributed by atoms with Crippen molar-refractivity contribution in [2.75, 3.05) is 0 Å². The summed E-state index contributed by atoms with van der Waals surface area (Å²) in [6, 6.07) is 21.5. The zero-order chi connectivity index (χ0) is 16.8. The van der Waals surface area contributed by atoms with Crippen LogP contribution in [0.3, 0.4) is 0 Å². The average molecular weight is 320 g/mol. The molecule has 0 fully saturated rings. The zero-order valence-electron chi connectivity index (χ0n) is 13.6. The number of amides is 1. The lowest BCUT2D eigenvalue weighted by Gasteiger charge is -2.14. The highest BCUT2D eigenvalue weighted by Crippen LogP contribution is 2.21. The smallest absolute Gasteiger partial charge is 0.227 e. The third-order valence-corrected chi connectivity index (χ3v) is 3.99. The molecular formula is C20H20N2O2. The maximum absolute atomic E-state index is 12.5. The summed E-state index contributed by atoms with van der Waals surface area (Å²) in [4.78, 5) is 12.5. The Bertz CT molecular complexity index is 782. The number of aromatic nitrogens is 1. The van der Waals surface area contributed by atoms with E-state index in [4.69, 9.17) is 4.52 Å². The standard InChI is InChI=1S/C20H20N2O2/c1-2-18(15-9-5-3-6-10-15)20(23)21-14-17-13-19(24-22-17)16-11-7-4-8-12-16/h3-13,18H,2,14H2,1H3,(H,21,23). The van der Waals surface area contributed by atoms with Crippen molar-refractivity contribution in [1.82, 2.24) is 10.5 Å². The van der Waals surface area contributed by atoms with Crippen LogP contribution in [0, 0.1) is 0 Å². The van der Waals surface area contributed by atoms with Gasteiger partial charge in [0, 0.05) is 11.6 Å². The summed E-state index contributed by atoms with van der Waals surface area (Å²) in [7, 11) is 0. The first-order valence-electron chi connectivity index (χ1n) is 8.11. The second kappa shape index (κ2) is 7.59. The van der Waals surface area contributed by atoms with Crippen molar-refractivity contribution < 1.29 is 9.32 Å². The lowest BCUT2D eigenvalue weighted by atomic mass is 9.96. The maximum atomic E-state index is 12.5. The Labute approximate surface area is 141 Å². The van der Waals surface area contributed by atoms with Gasteiger partial charge >= 0.3 is 0 Å². The number of nitrogens with one attached hydrogen (secondary N) is 1. The molecule has 1 N–H and O–H groups in total. The quantitative estimate of drug-likeness (QED) is 0.742. The van der Waals surface area contributed by atoms with Gasteiger partial charge in [-0.15, -0.1) is 0 Å². The van der Waals surface area contributed by atoms with Crippen molar-refractivity contribution in [1.29, 1.82) is 0 Å². The first-order chi connectivity index (χ1) is 11.8. The van der Waals surface area contributed by atoms with Crippen LogP contribution in [0.1, 0.15) is 30.5 Å². The lowest BCUT2D eigenvalue weighted by molar-refractivity contribution is -0.122. The van der Waals surface area contributed by atoms with E-state index in [1.165, 1.54) is 0 Å². The first-order valence-corrected chi connectivity index (χ1v) is 8.11. The Kier molecular flexibility index (Phi) is 5.06. The van der Waals surface area contributed by atoms with Crippen molar-refractivity contribution in [3.63, 3.8) is 0 Å². The number of carbonyl (C=O) groups is 1. The Morgan fingerprint density at radius 1 is 1.08 bits per heavy atom. The third kappa shape index (κ3) is 3.71. The van der Waals surface area contributed by atoms with Crippen LogP contribution in [-0.2, 0) is 11.3 Å². The van der Waals surface area contributed by atoms with Gasteiger partial charge in [0.15, 0.2) is 5.76 Å². The molecule has 4 nitrogen and oxygen atoms in total. The van der Waals surface area contributed by atoms with Crippen molar-refractivity contribution in [2.45, 2.75) is 25.8 Å². The molecule has 0 aliphatic rings. The molecule has 0 aliphatic carbocycles. The van der Waals surface area contributed by atoms with Crippen molar-refractivity contribution >= 4 is 5.91 Å². The second-order valence-electron chi connectivity index (χ2n) is 5.64. The first kappa shape index (κ1) is 16.0. The second-order valence-corrected chi connectivity index (χ2v) is 5.64. The minimum Gasteiger partial charge on any atom is -0.356 e. The summed E-state index contributed by atoms with van der Waals surface area (Å²) < 4.78 is 5.35. The largest absolute Gasteiger partial charge is 0.356 e. The number of hydrogen-bond donors (Lipinski definition) is 1. The number of rotatable bonds is 6. The van der Waals surface area contributed by atoms with Gasteiger partial charge in [-0.2, -0.15) is 0 Å². The Balaban J connectivity index is 1.63. The molecule has 0 spiro atoms. The highest BCUT2D eigenvalue weighted by molar-refractivity contribution is 5.83. The van der Waals surface area contributed by atoms with Crippen LogP contribution in [0.4, 0.5) is 0 Å². The van der Waals surface area contributed by atoms with Gasteiger partial charge in [-0.1, -0.05) is 72.7 Å². The molecule has 1 amide bonds. The molecule has 0 bridgehead atoms. The van der Waals surface area contributed by atoms with Gasteiger partial charge < -0.3 is 9.84 Å². The molecule has 3 rings (SSSR count). The molecule has 0 radical (unpaired) electrons. The van der Waals surface area contributed by atoms with E-state index in [-0.39, 0.29) is 11.8 Å². The molecule has 0 aliphatic heterocycles. The lowest BCUT2D eigenvalue weighted by Crippen LogP contribution is -2.28. The van der Waals surface area contributed by atoms with Crippen molar-refractivity contribution in [3.05, 3.63) is 78.0 Å². The summed E-state index contributed by atoms with van der Waals surface area (Å²) in [6.45, 7) is 2.37. The van der Waals surface area contributed by atoms with Gasteiger partial charge in [0.05, 0.1) is 12.5 Å². The van der Waals surface area contributed by atoms with Crippen LogP contribution in [0.25, 0.3) is 11.3 Å². The molecule has 0 saturated carbocycles. The molecule has 0 saturated heterocycles. The summed E-state index contributed by atoms with van der Waals surface area (Å²) in [5.74, 6) is 0.564. The molecule has 1 atom stereocenters. The van der Waals surface area contributed by atoms with Gasteiger partial charge in [-0.05, 0) is 12.0 Å². The van der Waals surface area contributed by atoms with E-state index in [9.17, 15) is 4.79 Å². The molecule has 1 unspecified atom stereocenters. The monoisotopic (exact) mass is 320 g/mol. The third-order valence-electron chi connectivity index (χ3n) is 3.99. The maximum Gasteiger partial charge on any atom is 0.227 e. The fourth-order valence-corrected chi connectivity index (χ4v) is 2.69. The highest BCUT2D eigenvalue weighted by Gasteiger charge is 2.18. The van der Waals surface area contributed by atoms with Crippen LogP contribution >= 0.6 is 0 Å². The highest BCUT2D eigenvalue weighted by atomic mass is 16.5. The number of benzene rings is 2. The van der Waals surface area contributed by atoms with Gasteiger partial charge in [0.25, 0.3) is 0 Å². The van der Waals surface area contributed by atoms with E-state index in [0.717, 1.165) is 17.5 Å². The van der Waals surface area contributed by atoms with Gasteiger partial charge in [-0.25, -0.2) is 0 Å². The number of hydrogen-bond acceptors (Lipinski definition) is 3. The fraction of sp³-hybridized carbons (Fsp3) is 0.200. The molecule has 1 heterocycles. The van der Waals surface area contributed by atoms with Crippen molar-refractivity contribution in [2.24, 2.45) is 0 Å². The van der Waals surface area contributed by atoms with Crippen LogP contribution in [-0.4, -0.2) is 11.1 Å². The predicted octanol–water partition coefficient (Wildman–Crippen LogP) is 4.15. The minimum atomic E-state index is -0.147. The Morgan fingerprint density at radius 3 is 2.42 bits per heavy atom. The predicted molar refractivity (Wildman–Crippen MR) is 93.3 cm³/mol. The van der Waals surface area contributed by atoms with Crippen LogP contribution < -0.4 is 5.32 Å². The van der Waals surface area contributed by atoms with Gasteiger partial charge in [0.2, 0.25) is 5.91 Å². The number of carbonyl (C=O) groups excluding carboxylic acids is 1. The minimum absolute atomic E-state index is 0.00737. The molecule has 122 valence electrons. The van der Waals surface area contributed by atoms with E-state index in [1.807, 2.05) is 73.7 Å². The molecular weight excluding hydrogens is 300 g/mol. The SMILES string of the molecule is CCC(C(=O)NCc1cc(-c2ccccc2)on1)c1ccccc1. The van der Waals surface area contributed by atoms with Crippen LogP contribution in [0.15, 0.2) is 71.3 Å². The van der Waals surface area contributed by atoms with E-state index in [1.54, 1.807) is 0 Å². The number of nitrogens with zero attached hydrogens (tertiary/aromatic N) is 1. The van der Waals surface area contributed by atoms with Gasteiger partial charge in [0.1, 0.15) is 5.69 Å². The zero-order valence-corrected chi connectivity index (χ0v) is 13.6. The van der Waals surface area contributed by atoms with E-state index >= 15 is 0 Å². The topological polar surface area (TPSA) is 55.1 Å². The Hall–Kier alpha value is -2.88. The summed E-state index contributed by atoms with van der Waals surface area (Å²) >= 11 is 0. The molecule has 4 heteroatoms. The van der Waals surface area contributed by atoms with Gasteiger partial charge in [-0.3, -0.25) is 4.79 Å². The van der Waals surface area contributed by atoms with Crippen LogP contribution in [0.2, 0.25) is 0 Å². The van der Waals surface area contributed by atoms with Crippen molar-refractivity contribution in [3.8, 4) is 11.3 Å². The van der Waals surface area contributed by atoms with Crippen LogP contribution in [0.5, 0.6) is 0 Å². The molecule has 24 heavy (non-hydrogen) atoms. The molecule has 3 aromatic rings. The summed E-state index contributed by atoms with van der Waals surface area (Å²) in [5.41, 5.74) is 2.71.